The predicted octanol–water partition coefficient (Wildman–Crippen LogP) is 3.45. The van der Waals surface area contributed by atoms with Crippen LogP contribution in [0.1, 0.15) is 39.3 Å². The zero-order valence-electron chi connectivity index (χ0n) is 13.0. The third-order valence-corrected chi connectivity index (χ3v) is 3.88. The van der Waals surface area contributed by atoms with Crippen LogP contribution in [0.4, 0.5) is 4.39 Å². The first kappa shape index (κ1) is 16.1. The average molecular weight is 266 g/mol. The second-order valence-electron chi connectivity index (χ2n) is 6.34. The van der Waals surface area contributed by atoms with Crippen molar-refractivity contribution in [3.63, 3.8) is 0 Å². The van der Waals surface area contributed by atoms with Crippen LogP contribution in [0.15, 0.2) is 24.3 Å². The maximum atomic E-state index is 13.8. The van der Waals surface area contributed by atoms with Crippen LogP contribution in [-0.2, 0) is 0 Å². The number of hydrogen-bond donors (Lipinski definition) is 1. The molecule has 1 N–H and O–H groups in total. The Labute approximate surface area is 117 Å². The van der Waals surface area contributed by atoms with Crippen LogP contribution in [0.25, 0.3) is 0 Å². The Morgan fingerprint density at radius 2 is 1.84 bits per heavy atom. The van der Waals surface area contributed by atoms with Crippen molar-refractivity contribution in [2.24, 2.45) is 5.41 Å². The topological polar surface area (TPSA) is 15.3 Å². The molecule has 108 valence electrons. The van der Waals surface area contributed by atoms with Crippen molar-refractivity contribution >= 4 is 0 Å². The number of likely N-dealkylation sites (N-methyl/N-ethyl adjacent to an activating group) is 2. The molecule has 0 bridgehead atoms. The molecular formula is C16H27FN2. The quantitative estimate of drug-likeness (QED) is 0.878. The summed E-state index contributed by atoms with van der Waals surface area (Å²) in [5.74, 6) is -0.126. The molecule has 2 atom stereocenters. The van der Waals surface area contributed by atoms with Crippen LogP contribution in [-0.4, -0.2) is 31.6 Å². The highest BCUT2D eigenvalue weighted by atomic mass is 19.1. The third kappa shape index (κ3) is 4.29. The second kappa shape index (κ2) is 6.49. The van der Waals surface area contributed by atoms with Crippen molar-refractivity contribution in [3.8, 4) is 0 Å². The molecule has 1 rings (SSSR count). The minimum atomic E-state index is -0.126. The monoisotopic (exact) mass is 266 g/mol. The van der Waals surface area contributed by atoms with Crippen molar-refractivity contribution in [2.75, 3.05) is 20.6 Å². The molecule has 0 aromatic heterocycles. The van der Waals surface area contributed by atoms with Crippen molar-refractivity contribution in [1.29, 1.82) is 0 Å². The van der Waals surface area contributed by atoms with E-state index in [4.69, 9.17) is 0 Å². The first-order valence-electron chi connectivity index (χ1n) is 6.89. The molecule has 1 aromatic rings. The highest BCUT2D eigenvalue weighted by Gasteiger charge is 2.26. The molecule has 19 heavy (non-hydrogen) atoms. The van der Waals surface area contributed by atoms with E-state index in [9.17, 15) is 4.39 Å². The molecule has 2 unspecified atom stereocenters. The van der Waals surface area contributed by atoms with E-state index in [0.29, 0.717) is 6.04 Å². The van der Waals surface area contributed by atoms with Crippen molar-refractivity contribution in [3.05, 3.63) is 35.6 Å². The molecule has 0 heterocycles. The average Bonchev–Trinajstić information content (AvgIpc) is 2.34. The zero-order valence-corrected chi connectivity index (χ0v) is 13.0. The number of nitrogens with zero attached hydrogens (tertiary/aromatic N) is 1. The fraction of sp³-hybridized carbons (Fsp3) is 0.625. The van der Waals surface area contributed by atoms with Gasteiger partial charge in [0.1, 0.15) is 5.82 Å². The fourth-order valence-corrected chi connectivity index (χ4v) is 2.30. The minimum Gasteiger partial charge on any atom is -0.315 e. The molecule has 0 spiro atoms. The van der Waals surface area contributed by atoms with E-state index in [1.807, 2.05) is 33.2 Å². The largest absolute Gasteiger partial charge is 0.315 e. The molecular weight excluding hydrogens is 239 g/mol. The summed E-state index contributed by atoms with van der Waals surface area (Å²) >= 11 is 0. The molecule has 0 amide bonds. The zero-order chi connectivity index (χ0) is 14.6. The Bertz CT molecular complexity index is 398. The van der Waals surface area contributed by atoms with E-state index in [1.165, 1.54) is 6.07 Å². The molecule has 0 saturated carbocycles. The minimum absolute atomic E-state index is 0.0689. The molecule has 0 aliphatic heterocycles. The van der Waals surface area contributed by atoms with Gasteiger partial charge in [0.05, 0.1) is 0 Å². The lowest BCUT2D eigenvalue weighted by Crippen LogP contribution is -2.46. The molecule has 2 nitrogen and oxygen atoms in total. The summed E-state index contributed by atoms with van der Waals surface area (Å²) in [6.45, 7) is 9.59. The summed E-state index contributed by atoms with van der Waals surface area (Å²) in [5.41, 5.74) is 0.937. The van der Waals surface area contributed by atoms with Gasteiger partial charge in [-0.3, -0.25) is 4.90 Å². The number of nitrogens with one attached hydrogen (secondary N) is 1. The Hall–Kier alpha value is -0.930. The van der Waals surface area contributed by atoms with Crippen LogP contribution < -0.4 is 5.32 Å². The van der Waals surface area contributed by atoms with Crippen LogP contribution >= 0.6 is 0 Å². The van der Waals surface area contributed by atoms with Crippen LogP contribution in [0, 0.1) is 11.2 Å². The van der Waals surface area contributed by atoms with Gasteiger partial charge >= 0.3 is 0 Å². The first-order chi connectivity index (χ1) is 8.77. The molecule has 0 saturated heterocycles. The van der Waals surface area contributed by atoms with Crippen molar-refractivity contribution < 1.29 is 4.39 Å². The number of hydrogen-bond acceptors (Lipinski definition) is 2. The lowest BCUT2D eigenvalue weighted by molar-refractivity contribution is 0.170. The fourth-order valence-electron chi connectivity index (χ4n) is 2.30. The van der Waals surface area contributed by atoms with Crippen LogP contribution in [0.5, 0.6) is 0 Å². The molecule has 0 fully saturated rings. The summed E-state index contributed by atoms with van der Waals surface area (Å²) in [4.78, 5) is 2.20. The van der Waals surface area contributed by atoms with Gasteiger partial charge in [0.25, 0.3) is 0 Å². The standard InChI is InChI=1S/C16H27FN2/c1-12(13-9-7-8-10-14(13)17)19(6)11-15(18-5)16(2,3)4/h7-10,12,15,18H,11H2,1-6H3. The summed E-state index contributed by atoms with van der Waals surface area (Å²) in [5, 5.41) is 3.36. The molecule has 3 heteroatoms. The summed E-state index contributed by atoms with van der Waals surface area (Å²) in [6, 6.07) is 7.45. The summed E-state index contributed by atoms with van der Waals surface area (Å²) in [7, 11) is 4.03. The SMILES string of the molecule is CNC(CN(C)C(C)c1ccccc1F)C(C)(C)C. The molecule has 0 aliphatic carbocycles. The van der Waals surface area contributed by atoms with Gasteiger partial charge in [0.2, 0.25) is 0 Å². The lowest BCUT2D eigenvalue weighted by atomic mass is 9.86. The maximum Gasteiger partial charge on any atom is 0.127 e. The van der Waals surface area contributed by atoms with Gasteiger partial charge < -0.3 is 5.32 Å². The highest BCUT2D eigenvalue weighted by Crippen LogP contribution is 2.25. The highest BCUT2D eigenvalue weighted by molar-refractivity contribution is 5.20. The number of benzene rings is 1. The number of halogens is 1. The first-order valence-corrected chi connectivity index (χ1v) is 6.89. The van der Waals surface area contributed by atoms with Gasteiger partial charge in [0, 0.05) is 24.2 Å². The van der Waals surface area contributed by atoms with Crippen molar-refractivity contribution in [1.82, 2.24) is 10.2 Å². The Morgan fingerprint density at radius 1 is 1.26 bits per heavy atom. The van der Waals surface area contributed by atoms with Gasteiger partial charge in [-0.2, -0.15) is 0 Å². The maximum absolute atomic E-state index is 13.8. The second-order valence-corrected chi connectivity index (χ2v) is 6.34. The summed E-state index contributed by atoms with van der Waals surface area (Å²) < 4.78 is 13.8. The molecule has 0 aliphatic rings. The number of rotatable bonds is 5. The summed E-state index contributed by atoms with van der Waals surface area (Å²) in [6.07, 6.45) is 0. The van der Waals surface area contributed by atoms with Gasteiger partial charge in [0.15, 0.2) is 0 Å². The van der Waals surface area contributed by atoms with E-state index in [2.05, 4.69) is 31.0 Å². The smallest absolute Gasteiger partial charge is 0.127 e. The van der Waals surface area contributed by atoms with Crippen molar-refractivity contribution in [2.45, 2.75) is 39.8 Å². The lowest BCUT2D eigenvalue weighted by Gasteiger charge is -2.36. The van der Waals surface area contributed by atoms with Gasteiger partial charge in [-0.25, -0.2) is 4.39 Å². The molecule has 0 radical (unpaired) electrons. The normalized spacial score (nSPS) is 15.6. The van der Waals surface area contributed by atoms with Gasteiger partial charge in [-0.1, -0.05) is 39.0 Å². The third-order valence-electron chi connectivity index (χ3n) is 3.88. The molecule has 1 aromatic carbocycles. The van der Waals surface area contributed by atoms with Gasteiger partial charge in [-0.15, -0.1) is 0 Å². The van der Waals surface area contributed by atoms with E-state index >= 15 is 0 Å². The Balaban J connectivity index is 2.78. The Kier molecular flexibility index (Phi) is 5.50. The van der Waals surface area contributed by atoms with Crippen LogP contribution in [0.2, 0.25) is 0 Å². The predicted molar refractivity (Wildman–Crippen MR) is 79.7 cm³/mol. The van der Waals surface area contributed by atoms with Crippen LogP contribution in [0.3, 0.4) is 0 Å². The van der Waals surface area contributed by atoms with E-state index in [1.54, 1.807) is 6.07 Å². The van der Waals surface area contributed by atoms with Gasteiger partial charge in [-0.05, 0) is 32.5 Å². The van der Waals surface area contributed by atoms with E-state index < -0.39 is 0 Å². The van der Waals surface area contributed by atoms with E-state index in [0.717, 1.165) is 12.1 Å². The van der Waals surface area contributed by atoms with E-state index in [-0.39, 0.29) is 17.3 Å². The Morgan fingerprint density at radius 3 is 2.32 bits per heavy atom.